The summed E-state index contributed by atoms with van der Waals surface area (Å²) in [7, 11) is 0. The van der Waals surface area contributed by atoms with E-state index < -0.39 is 11.8 Å². The molecule has 0 atom stereocenters. The summed E-state index contributed by atoms with van der Waals surface area (Å²) < 4.78 is 18.7. The number of nitrogens with zero attached hydrogens (tertiary/aromatic N) is 2. The van der Waals surface area contributed by atoms with Gasteiger partial charge in [0.25, 0.3) is 5.91 Å². The average molecular weight is 410 g/mol. The van der Waals surface area contributed by atoms with Gasteiger partial charge in [0, 0.05) is 23.2 Å². The van der Waals surface area contributed by atoms with E-state index >= 15 is 0 Å². The van der Waals surface area contributed by atoms with E-state index in [0.717, 1.165) is 33.9 Å². The summed E-state index contributed by atoms with van der Waals surface area (Å²) in [5.74, 6) is -1.38. The smallest absolute Gasteiger partial charge is 0.310 e. The summed E-state index contributed by atoms with van der Waals surface area (Å²) in [4.78, 5) is 30.7. The lowest BCUT2D eigenvalue weighted by Gasteiger charge is -2.17. The third kappa shape index (κ3) is 4.19. The van der Waals surface area contributed by atoms with Crippen molar-refractivity contribution in [2.75, 3.05) is 18.1 Å². The summed E-state index contributed by atoms with van der Waals surface area (Å²) >= 11 is 1.60. The maximum absolute atomic E-state index is 13.6. The number of halogens is 1. The minimum atomic E-state index is -0.628. The van der Waals surface area contributed by atoms with Crippen LogP contribution < -0.4 is 4.90 Å². The summed E-state index contributed by atoms with van der Waals surface area (Å²) in [6.45, 7) is 2.15. The van der Waals surface area contributed by atoms with Crippen molar-refractivity contribution in [2.24, 2.45) is 0 Å². The van der Waals surface area contributed by atoms with Crippen LogP contribution in [-0.2, 0) is 27.2 Å². The van der Waals surface area contributed by atoms with Gasteiger partial charge in [-0.05, 0) is 42.7 Å². The molecule has 1 amide bonds. The van der Waals surface area contributed by atoms with E-state index in [2.05, 4.69) is 11.1 Å². The number of aromatic nitrogens is 1. The fourth-order valence-electron chi connectivity index (χ4n) is 3.38. The molecule has 0 saturated heterocycles. The zero-order chi connectivity index (χ0) is 20.4. The number of fused-ring (bicyclic) bond motifs is 1. The lowest BCUT2D eigenvalue weighted by Crippen LogP contribution is -2.33. The molecular formula is C22H19FN2O3S. The number of hydrogen-bond acceptors (Lipinski definition) is 5. The minimum Gasteiger partial charge on any atom is -0.455 e. The Balaban J connectivity index is 1.38. The van der Waals surface area contributed by atoms with Crippen molar-refractivity contribution in [1.29, 1.82) is 0 Å². The second kappa shape index (κ2) is 8.13. The highest BCUT2D eigenvalue weighted by molar-refractivity contribution is 7.09. The Labute approximate surface area is 171 Å². The molecule has 5 nitrogen and oxygen atoms in total. The third-order valence-electron chi connectivity index (χ3n) is 4.84. The van der Waals surface area contributed by atoms with Crippen molar-refractivity contribution in [1.82, 2.24) is 4.98 Å². The van der Waals surface area contributed by atoms with Crippen LogP contribution in [0.2, 0.25) is 0 Å². The first-order chi connectivity index (χ1) is 14.0. The van der Waals surface area contributed by atoms with Gasteiger partial charge in [0.1, 0.15) is 5.82 Å². The van der Waals surface area contributed by atoms with Gasteiger partial charge in [-0.25, -0.2) is 9.37 Å². The Morgan fingerprint density at radius 1 is 1.24 bits per heavy atom. The SMILES string of the molecule is Cc1nc(-c2ccc3c(c2)CCN3C(=O)COC(=O)Cc2ccccc2F)cs1. The first kappa shape index (κ1) is 19.3. The van der Waals surface area contributed by atoms with Gasteiger partial charge in [-0.3, -0.25) is 9.59 Å². The summed E-state index contributed by atoms with van der Waals surface area (Å²) in [6, 6.07) is 11.9. The molecule has 1 aliphatic heterocycles. The second-order valence-electron chi connectivity index (χ2n) is 6.82. The number of carbonyl (C=O) groups excluding carboxylic acids is 2. The van der Waals surface area contributed by atoms with E-state index in [1.54, 1.807) is 28.4 Å². The van der Waals surface area contributed by atoms with Gasteiger partial charge in [0.05, 0.1) is 17.1 Å². The largest absolute Gasteiger partial charge is 0.455 e. The molecule has 0 fully saturated rings. The van der Waals surface area contributed by atoms with Crippen LogP contribution in [0.3, 0.4) is 0 Å². The molecule has 29 heavy (non-hydrogen) atoms. The van der Waals surface area contributed by atoms with Crippen LogP contribution in [0.4, 0.5) is 10.1 Å². The number of amides is 1. The minimum absolute atomic E-state index is 0.201. The monoisotopic (exact) mass is 410 g/mol. The molecule has 0 aliphatic carbocycles. The van der Waals surface area contributed by atoms with E-state index in [1.807, 2.05) is 24.4 Å². The summed E-state index contributed by atoms with van der Waals surface area (Å²) in [5, 5.41) is 3.03. The maximum atomic E-state index is 13.6. The maximum Gasteiger partial charge on any atom is 0.310 e. The van der Waals surface area contributed by atoms with Gasteiger partial charge in [0.2, 0.25) is 0 Å². The van der Waals surface area contributed by atoms with Gasteiger partial charge >= 0.3 is 5.97 Å². The number of carbonyl (C=O) groups is 2. The van der Waals surface area contributed by atoms with Crippen molar-refractivity contribution in [3.05, 3.63) is 69.8 Å². The Bertz CT molecular complexity index is 1080. The van der Waals surface area contributed by atoms with E-state index in [-0.39, 0.29) is 24.5 Å². The Morgan fingerprint density at radius 3 is 2.83 bits per heavy atom. The topological polar surface area (TPSA) is 59.5 Å². The lowest BCUT2D eigenvalue weighted by molar-refractivity contribution is -0.147. The molecule has 2 aromatic carbocycles. The molecule has 148 valence electrons. The zero-order valence-corrected chi connectivity index (χ0v) is 16.7. The number of benzene rings is 2. The Morgan fingerprint density at radius 2 is 2.07 bits per heavy atom. The molecular weight excluding hydrogens is 391 g/mol. The number of anilines is 1. The van der Waals surface area contributed by atoms with Crippen molar-refractivity contribution >= 4 is 28.9 Å². The molecule has 7 heteroatoms. The number of rotatable bonds is 5. The molecule has 3 aromatic rings. The first-order valence-corrected chi connectivity index (χ1v) is 10.1. The molecule has 2 heterocycles. The molecule has 1 aromatic heterocycles. The highest BCUT2D eigenvalue weighted by atomic mass is 32.1. The van der Waals surface area contributed by atoms with E-state index in [9.17, 15) is 14.0 Å². The predicted molar refractivity (Wildman–Crippen MR) is 109 cm³/mol. The number of esters is 1. The van der Waals surface area contributed by atoms with Crippen molar-refractivity contribution < 1.29 is 18.7 Å². The van der Waals surface area contributed by atoms with Crippen LogP contribution in [0.5, 0.6) is 0 Å². The van der Waals surface area contributed by atoms with Crippen LogP contribution in [0.15, 0.2) is 47.8 Å². The molecule has 0 spiro atoms. The fourth-order valence-corrected chi connectivity index (χ4v) is 4.01. The molecule has 0 bridgehead atoms. The van der Waals surface area contributed by atoms with Crippen LogP contribution in [0, 0.1) is 12.7 Å². The van der Waals surface area contributed by atoms with Crippen molar-refractivity contribution in [3.8, 4) is 11.3 Å². The van der Waals surface area contributed by atoms with Crippen LogP contribution in [0.25, 0.3) is 11.3 Å². The van der Waals surface area contributed by atoms with E-state index in [0.29, 0.717) is 6.54 Å². The number of thiazole rings is 1. The van der Waals surface area contributed by atoms with Crippen LogP contribution in [0.1, 0.15) is 16.1 Å². The normalized spacial score (nSPS) is 12.7. The van der Waals surface area contributed by atoms with Gasteiger partial charge < -0.3 is 9.64 Å². The molecule has 0 unspecified atom stereocenters. The fraction of sp³-hybridized carbons (Fsp3) is 0.227. The predicted octanol–water partition coefficient (Wildman–Crippen LogP) is 3.93. The molecule has 0 radical (unpaired) electrons. The molecule has 0 N–H and O–H groups in total. The lowest BCUT2D eigenvalue weighted by atomic mass is 10.1. The van der Waals surface area contributed by atoms with E-state index in [4.69, 9.17) is 4.74 Å². The van der Waals surface area contributed by atoms with Crippen molar-refractivity contribution in [2.45, 2.75) is 19.8 Å². The number of hydrogen-bond donors (Lipinski definition) is 0. The summed E-state index contributed by atoms with van der Waals surface area (Å²) in [5.41, 5.74) is 4.11. The van der Waals surface area contributed by atoms with Crippen molar-refractivity contribution in [3.63, 3.8) is 0 Å². The van der Waals surface area contributed by atoms with Crippen LogP contribution in [-0.4, -0.2) is 30.0 Å². The van der Waals surface area contributed by atoms with E-state index in [1.165, 1.54) is 12.1 Å². The van der Waals surface area contributed by atoms with Gasteiger partial charge in [-0.2, -0.15) is 0 Å². The standard InChI is InChI=1S/C22H19FN2O3S/c1-14-24-19(13-29-14)16-6-7-20-17(10-16)8-9-25(20)21(26)12-28-22(27)11-15-4-2-3-5-18(15)23/h2-7,10,13H,8-9,11-12H2,1H3. The van der Waals surface area contributed by atoms with Gasteiger partial charge in [-0.1, -0.05) is 24.3 Å². The van der Waals surface area contributed by atoms with Gasteiger partial charge in [0.15, 0.2) is 6.61 Å². The quantitative estimate of drug-likeness (QED) is 0.598. The second-order valence-corrected chi connectivity index (χ2v) is 7.88. The first-order valence-electron chi connectivity index (χ1n) is 9.26. The van der Waals surface area contributed by atoms with Gasteiger partial charge in [-0.15, -0.1) is 11.3 Å². The average Bonchev–Trinajstić information content (AvgIpc) is 3.33. The molecule has 4 rings (SSSR count). The Hall–Kier alpha value is -3.06. The number of ether oxygens (including phenoxy) is 1. The number of aryl methyl sites for hydroxylation is 1. The highest BCUT2D eigenvalue weighted by Gasteiger charge is 2.26. The Kier molecular flexibility index (Phi) is 5.40. The third-order valence-corrected chi connectivity index (χ3v) is 5.61. The molecule has 1 aliphatic rings. The van der Waals surface area contributed by atoms with Crippen LogP contribution >= 0.6 is 11.3 Å². The summed E-state index contributed by atoms with van der Waals surface area (Å²) in [6.07, 6.45) is 0.536. The molecule has 0 saturated carbocycles. The highest BCUT2D eigenvalue weighted by Crippen LogP contribution is 2.32. The zero-order valence-electron chi connectivity index (χ0n) is 15.9.